The number of pyridine rings is 1. The second-order valence-corrected chi connectivity index (χ2v) is 5.71. The minimum absolute atomic E-state index is 0.231. The number of anilines is 1. The van der Waals surface area contributed by atoms with Crippen molar-refractivity contribution in [1.29, 1.82) is 0 Å². The summed E-state index contributed by atoms with van der Waals surface area (Å²) in [4.78, 5) is 28.5. The Kier molecular flexibility index (Phi) is 4.79. The minimum atomic E-state index is -0.298. The molecule has 128 valence electrons. The van der Waals surface area contributed by atoms with Gasteiger partial charge < -0.3 is 14.6 Å². The number of carbonyl (C=O) groups is 2. The van der Waals surface area contributed by atoms with Gasteiger partial charge in [0.15, 0.2) is 0 Å². The summed E-state index contributed by atoms with van der Waals surface area (Å²) in [6, 6.07) is 11.3. The first-order valence-electron chi connectivity index (χ1n) is 7.96. The van der Waals surface area contributed by atoms with Crippen LogP contribution in [0.1, 0.15) is 22.5 Å². The molecule has 25 heavy (non-hydrogen) atoms. The number of rotatable bonds is 5. The van der Waals surface area contributed by atoms with Crippen LogP contribution in [-0.4, -0.2) is 28.5 Å². The molecule has 6 nitrogen and oxygen atoms in total. The Morgan fingerprint density at radius 3 is 2.80 bits per heavy atom. The molecule has 0 bridgehead atoms. The Bertz CT molecular complexity index is 925. The first-order valence-corrected chi connectivity index (χ1v) is 7.96. The van der Waals surface area contributed by atoms with Crippen molar-refractivity contribution in [3.63, 3.8) is 0 Å². The molecule has 1 aromatic carbocycles. The molecule has 0 saturated heterocycles. The summed E-state index contributed by atoms with van der Waals surface area (Å²) in [5, 5.41) is 3.89. The summed E-state index contributed by atoms with van der Waals surface area (Å²) in [5.74, 6) is -0.529. The number of benzene rings is 1. The number of hydrogen-bond acceptors (Lipinski definition) is 4. The number of ether oxygens (including phenoxy) is 1. The molecule has 3 aromatic rings. The van der Waals surface area contributed by atoms with E-state index in [0.29, 0.717) is 17.8 Å². The van der Waals surface area contributed by atoms with Crippen LogP contribution in [0.3, 0.4) is 0 Å². The highest BCUT2D eigenvalue weighted by atomic mass is 16.5. The van der Waals surface area contributed by atoms with Gasteiger partial charge in [-0.1, -0.05) is 18.2 Å². The number of esters is 1. The Balaban J connectivity index is 1.86. The molecular weight excluding hydrogens is 318 g/mol. The molecule has 6 heteroatoms. The van der Waals surface area contributed by atoms with Gasteiger partial charge in [0.25, 0.3) is 5.91 Å². The van der Waals surface area contributed by atoms with Crippen LogP contribution in [0.5, 0.6) is 0 Å². The number of methoxy groups -OCH3 is 1. The zero-order chi connectivity index (χ0) is 17.8. The van der Waals surface area contributed by atoms with Crippen LogP contribution in [-0.2, 0) is 23.0 Å². The lowest BCUT2D eigenvalue weighted by Crippen LogP contribution is -2.18. The van der Waals surface area contributed by atoms with Crippen molar-refractivity contribution < 1.29 is 14.3 Å². The Labute approximate surface area is 145 Å². The zero-order valence-electron chi connectivity index (χ0n) is 14.2. The smallest absolute Gasteiger partial charge is 0.305 e. The third kappa shape index (κ3) is 3.52. The number of para-hydroxylation sites is 1. The molecule has 0 fully saturated rings. The second-order valence-electron chi connectivity index (χ2n) is 5.71. The van der Waals surface area contributed by atoms with Crippen molar-refractivity contribution in [2.45, 2.75) is 12.8 Å². The molecule has 0 aliphatic heterocycles. The number of nitrogens with one attached hydrogen (secondary N) is 1. The predicted octanol–water partition coefficient (Wildman–Crippen LogP) is 2.93. The second kappa shape index (κ2) is 7.17. The molecule has 3 rings (SSSR count). The predicted molar refractivity (Wildman–Crippen MR) is 95.4 cm³/mol. The highest BCUT2D eigenvalue weighted by Crippen LogP contribution is 2.22. The molecule has 2 aromatic heterocycles. The number of carbonyl (C=O) groups excluding carboxylic acids is 2. The van der Waals surface area contributed by atoms with Gasteiger partial charge in [-0.2, -0.15) is 0 Å². The van der Waals surface area contributed by atoms with E-state index in [1.165, 1.54) is 7.11 Å². The van der Waals surface area contributed by atoms with Gasteiger partial charge in [-0.15, -0.1) is 0 Å². The summed E-state index contributed by atoms with van der Waals surface area (Å²) in [6.45, 7) is 0. The normalized spacial score (nSPS) is 10.6. The van der Waals surface area contributed by atoms with Gasteiger partial charge in [0, 0.05) is 31.2 Å². The lowest BCUT2D eigenvalue weighted by Gasteiger charge is -2.10. The topological polar surface area (TPSA) is 73.2 Å². The van der Waals surface area contributed by atoms with E-state index in [1.807, 2.05) is 42.6 Å². The molecule has 0 atom stereocenters. The molecule has 2 heterocycles. The molecule has 0 aliphatic rings. The van der Waals surface area contributed by atoms with Crippen LogP contribution in [0.4, 0.5) is 5.69 Å². The van der Waals surface area contributed by atoms with Gasteiger partial charge in [-0.25, -0.2) is 0 Å². The maximum Gasteiger partial charge on any atom is 0.305 e. The standard InChI is InChI=1S/C19H19N3O3/c1-22-12-10-14(8-9-16(23)25-2)18(22)19(24)21-15-7-3-5-13-6-4-11-20-17(13)15/h3-7,10-12H,8-9H2,1-2H3,(H,21,24). The van der Waals surface area contributed by atoms with Crippen molar-refractivity contribution in [2.75, 3.05) is 12.4 Å². The van der Waals surface area contributed by atoms with Crippen LogP contribution in [0, 0.1) is 0 Å². The summed E-state index contributed by atoms with van der Waals surface area (Å²) < 4.78 is 6.42. The van der Waals surface area contributed by atoms with Crippen LogP contribution < -0.4 is 5.32 Å². The number of aryl methyl sites for hydroxylation is 2. The van der Waals surface area contributed by atoms with E-state index in [0.717, 1.165) is 16.5 Å². The van der Waals surface area contributed by atoms with Crippen LogP contribution in [0.2, 0.25) is 0 Å². The monoisotopic (exact) mass is 337 g/mol. The molecule has 0 unspecified atom stereocenters. The van der Waals surface area contributed by atoms with Crippen LogP contribution in [0.25, 0.3) is 10.9 Å². The van der Waals surface area contributed by atoms with E-state index >= 15 is 0 Å². The van der Waals surface area contributed by atoms with E-state index in [-0.39, 0.29) is 18.3 Å². The van der Waals surface area contributed by atoms with Crippen molar-refractivity contribution in [3.8, 4) is 0 Å². The fourth-order valence-corrected chi connectivity index (χ4v) is 2.81. The average molecular weight is 337 g/mol. The van der Waals surface area contributed by atoms with Crippen LogP contribution >= 0.6 is 0 Å². The average Bonchev–Trinajstić information content (AvgIpc) is 3.00. The number of nitrogens with zero attached hydrogens (tertiary/aromatic N) is 2. The quantitative estimate of drug-likeness (QED) is 0.727. The lowest BCUT2D eigenvalue weighted by atomic mass is 10.1. The van der Waals surface area contributed by atoms with Crippen molar-refractivity contribution in [2.24, 2.45) is 7.05 Å². The SMILES string of the molecule is COC(=O)CCc1ccn(C)c1C(=O)Nc1cccc2cccnc12. The first kappa shape index (κ1) is 16.7. The van der Waals surface area contributed by atoms with E-state index in [9.17, 15) is 9.59 Å². The molecule has 0 aliphatic carbocycles. The van der Waals surface area contributed by atoms with Gasteiger partial charge in [0.05, 0.1) is 18.3 Å². The van der Waals surface area contributed by atoms with Gasteiger partial charge in [-0.3, -0.25) is 14.6 Å². The molecule has 0 spiro atoms. The van der Waals surface area contributed by atoms with Gasteiger partial charge in [0.1, 0.15) is 5.69 Å². The Morgan fingerprint density at radius 2 is 2.00 bits per heavy atom. The third-order valence-electron chi connectivity index (χ3n) is 4.08. The summed E-state index contributed by atoms with van der Waals surface area (Å²) in [7, 11) is 3.16. The molecule has 0 saturated carbocycles. The number of fused-ring (bicyclic) bond motifs is 1. The minimum Gasteiger partial charge on any atom is -0.469 e. The maximum atomic E-state index is 12.8. The van der Waals surface area contributed by atoms with E-state index < -0.39 is 0 Å². The van der Waals surface area contributed by atoms with Gasteiger partial charge in [-0.05, 0) is 30.2 Å². The number of hydrogen-bond donors (Lipinski definition) is 1. The van der Waals surface area contributed by atoms with Crippen molar-refractivity contribution in [3.05, 3.63) is 60.0 Å². The van der Waals surface area contributed by atoms with Gasteiger partial charge >= 0.3 is 5.97 Å². The zero-order valence-corrected chi connectivity index (χ0v) is 14.2. The Morgan fingerprint density at radius 1 is 1.20 bits per heavy atom. The third-order valence-corrected chi connectivity index (χ3v) is 4.08. The summed E-state index contributed by atoms with van der Waals surface area (Å²) >= 11 is 0. The van der Waals surface area contributed by atoms with Gasteiger partial charge in [0.2, 0.25) is 0 Å². The van der Waals surface area contributed by atoms with E-state index in [1.54, 1.807) is 17.8 Å². The summed E-state index contributed by atoms with van der Waals surface area (Å²) in [6.07, 6.45) is 4.19. The highest BCUT2D eigenvalue weighted by molar-refractivity contribution is 6.08. The van der Waals surface area contributed by atoms with E-state index in [2.05, 4.69) is 15.0 Å². The fourth-order valence-electron chi connectivity index (χ4n) is 2.81. The van der Waals surface area contributed by atoms with Crippen molar-refractivity contribution in [1.82, 2.24) is 9.55 Å². The molecular formula is C19H19N3O3. The largest absolute Gasteiger partial charge is 0.469 e. The number of amides is 1. The molecule has 1 amide bonds. The van der Waals surface area contributed by atoms with E-state index in [4.69, 9.17) is 0 Å². The maximum absolute atomic E-state index is 12.8. The number of aromatic nitrogens is 2. The van der Waals surface area contributed by atoms with Crippen molar-refractivity contribution >= 4 is 28.5 Å². The first-order chi connectivity index (χ1) is 12.1. The fraction of sp³-hybridized carbons (Fsp3) is 0.211. The summed E-state index contributed by atoms with van der Waals surface area (Å²) in [5.41, 5.74) is 2.72. The molecule has 1 N–H and O–H groups in total. The van der Waals surface area contributed by atoms with Crippen LogP contribution in [0.15, 0.2) is 48.8 Å². The molecule has 0 radical (unpaired) electrons. The highest BCUT2D eigenvalue weighted by Gasteiger charge is 2.17. The lowest BCUT2D eigenvalue weighted by molar-refractivity contribution is -0.140. The Hall–Kier alpha value is -3.15.